The van der Waals surface area contributed by atoms with Crippen LogP contribution < -0.4 is 10.9 Å². The van der Waals surface area contributed by atoms with Crippen LogP contribution in [0.25, 0.3) is 10.8 Å². The van der Waals surface area contributed by atoms with E-state index in [1.54, 1.807) is 0 Å². The van der Waals surface area contributed by atoms with Crippen LogP contribution in [-0.2, 0) is 16.4 Å². The number of nitrogens with zero attached hydrogens (tertiary/aromatic N) is 1. The third-order valence-electron chi connectivity index (χ3n) is 5.71. The zero-order valence-corrected chi connectivity index (χ0v) is 19.7. The number of aliphatic hydroxyl groups is 1. The fraction of sp³-hybridized carbons (Fsp3) is 0.348. The second-order valence-electron chi connectivity index (χ2n) is 8.88. The molecule has 36 heavy (non-hydrogen) atoms. The molecule has 3 rings (SSSR count). The van der Waals surface area contributed by atoms with Crippen molar-refractivity contribution in [2.45, 2.75) is 50.6 Å². The average molecular weight is 537 g/mol. The van der Waals surface area contributed by atoms with Gasteiger partial charge in [-0.25, -0.2) is 4.79 Å². The van der Waals surface area contributed by atoms with Crippen molar-refractivity contribution in [3.63, 3.8) is 0 Å². The molecule has 0 radical (unpaired) electrons. The number of carbonyl (C=O) groups excluding carboxylic acids is 1. The minimum atomic E-state index is -5.57. The molecule has 1 amide bonds. The monoisotopic (exact) mass is 536 g/mol. The number of anilines is 1. The first-order valence-electron chi connectivity index (χ1n) is 10.2. The van der Waals surface area contributed by atoms with Gasteiger partial charge in [0.1, 0.15) is 0 Å². The topological polar surface area (TPSA) is 92.4 Å². The Hall–Kier alpha value is -3.12. The molecule has 2 aromatic carbocycles. The lowest BCUT2D eigenvalue weighted by Crippen LogP contribution is -2.57. The van der Waals surface area contributed by atoms with Crippen molar-refractivity contribution in [1.82, 2.24) is 5.16 Å². The van der Waals surface area contributed by atoms with Crippen LogP contribution in [0.5, 0.6) is 0 Å². The predicted molar refractivity (Wildman–Crippen MR) is 119 cm³/mol. The fourth-order valence-corrected chi connectivity index (χ4v) is 4.08. The quantitative estimate of drug-likeness (QED) is 0.404. The molecule has 0 fully saturated rings. The van der Waals surface area contributed by atoms with Crippen molar-refractivity contribution in [2.75, 3.05) is 5.32 Å². The van der Waals surface area contributed by atoms with Crippen molar-refractivity contribution in [3.05, 3.63) is 68.7 Å². The molecule has 1 atom stereocenters. The van der Waals surface area contributed by atoms with Crippen LogP contribution >= 0.6 is 11.6 Å². The standard InChI is InChI=1S/C23H19ClF6N2O4/c1-11-15-9-13(5-6-14(15)18(33)36-32-11)31-19(34)21(35,23(28,29)30)10-20(2,3)17-8-12(24)4-7-16(17)22(25,26)27/h4-9,35H,10H2,1-3H3,(H,31,34). The molecule has 0 saturated heterocycles. The van der Waals surface area contributed by atoms with E-state index in [0.717, 1.165) is 38.1 Å². The minimum absolute atomic E-state index is 0.0494. The van der Waals surface area contributed by atoms with Crippen molar-refractivity contribution >= 4 is 34.0 Å². The summed E-state index contributed by atoms with van der Waals surface area (Å²) in [6, 6.07) is 5.86. The lowest BCUT2D eigenvalue weighted by atomic mass is 9.73. The van der Waals surface area contributed by atoms with E-state index in [1.807, 2.05) is 5.32 Å². The number of amides is 1. The molecule has 1 heterocycles. The molecule has 0 spiro atoms. The van der Waals surface area contributed by atoms with Gasteiger partial charge in [-0.3, -0.25) is 4.79 Å². The molecule has 194 valence electrons. The van der Waals surface area contributed by atoms with Crippen molar-refractivity contribution in [3.8, 4) is 0 Å². The van der Waals surface area contributed by atoms with E-state index in [4.69, 9.17) is 11.6 Å². The molecule has 1 unspecified atom stereocenters. The first-order chi connectivity index (χ1) is 16.4. The van der Waals surface area contributed by atoms with E-state index in [9.17, 15) is 41.0 Å². The number of alkyl halides is 6. The summed E-state index contributed by atoms with van der Waals surface area (Å²) < 4.78 is 87.5. The maximum atomic E-state index is 14.1. The number of benzene rings is 2. The number of halogens is 7. The summed E-state index contributed by atoms with van der Waals surface area (Å²) in [4.78, 5) is 24.6. The first kappa shape index (κ1) is 27.5. The van der Waals surface area contributed by atoms with Gasteiger partial charge in [-0.2, -0.15) is 26.3 Å². The van der Waals surface area contributed by atoms with Gasteiger partial charge < -0.3 is 14.9 Å². The van der Waals surface area contributed by atoms with Crippen molar-refractivity contribution in [2.24, 2.45) is 0 Å². The minimum Gasteiger partial charge on any atom is -0.373 e. The van der Waals surface area contributed by atoms with Crippen LogP contribution in [0.3, 0.4) is 0 Å². The molecular formula is C23H19ClF6N2O4. The normalized spacial score (nSPS) is 14.5. The summed E-state index contributed by atoms with van der Waals surface area (Å²) in [5.74, 6) is -1.92. The molecule has 0 bridgehead atoms. The molecule has 1 aromatic heterocycles. The Morgan fingerprint density at radius 3 is 2.25 bits per heavy atom. The maximum Gasteiger partial charge on any atom is 0.426 e. The summed E-state index contributed by atoms with van der Waals surface area (Å²) in [6.07, 6.45) is -12.0. The zero-order valence-electron chi connectivity index (χ0n) is 18.9. The number of fused-ring (bicyclic) bond motifs is 1. The van der Waals surface area contributed by atoms with Gasteiger partial charge in [0, 0.05) is 22.5 Å². The van der Waals surface area contributed by atoms with Gasteiger partial charge in [-0.1, -0.05) is 30.6 Å². The third-order valence-corrected chi connectivity index (χ3v) is 5.95. The van der Waals surface area contributed by atoms with E-state index in [0.29, 0.717) is 6.07 Å². The van der Waals surface area contributed by atoms with E-state index < -0.39 is 52.4 Å². The Morgan fingerprint density at radius 1 is 1.03 bits per heavy atom. The zero-order chi connectivity index (χ0) is 27.3. The fourth-order valence-electron chi connectivity index (χ4n) is 3.91. The summed E-state index contributed by atoms with van der Waals surface area (Å²) in [5.41, 5.74) is -8.84. The SMILES string of the molecule is Cc1noc(=O)c2ccc(NC(=O)C(O)(CC(C)(C)c3cc(Cl)ccc3C(F)(F)F)C(F)(F)F)cc12. The number of nitrogens with one attached hydrogen (secondary N) is 1. The Bertz CT molecular complexity index is 1380. The van der Waals surface area contributed by atoms with Crippen molar-refractivity contribution in [1.29, 1.82) is 0 Å². The molecular weight excluding hydrogens is 518 g/mol. The van der Waals surface area contributed by atoms with E-state index in [1.165, 1.54) is 13.0 Å². The first-order valence-corrected chi connectivity index (χ1v) is 10.6. The molecule has 2 N–H and O–H groups in total. The largest absolute Gasteiger partial charge is 0.426 e. The highest BCUT2D eigenvalue weighted by Crippen LogP contribution is 2.46. The van der Waals surface area contributed by atoms with Gasteiger partial charge in [-0.05, 0) is 54.3 Å². The van der Waals surface area contributed by atoms with Crippen LogP contribution in [-0.4, -0.2) is 27.9 Å². The highest BCUT2D eigenvalue weighted by atomic mass is 35.5. The summed E-state index contributed by atoms with van der Waals surface area (Å²) >= 11 is 5.81. The van der Waals surface area contributed by atoms with Crippen LogP contribution in [0.2, 0.25) is 5.02 Å². The lowest BCUT2D eigenvalue weighted by molar-refractivity contribution is -0.254. The number of aryl methyl sites for hydroxylation is 1. The smallest absolute Gasteiger partial charge is 0.373 e. The maximum absolute atomic E-state index is 14.1. The van der Waals surface area contributed by atoms with Crippen LogP contribution in [0.4, 0.5) is 32.0 Å². The second kappa shape index (κ2) is 9.07. The Labute approximate surface area is 204 Å². The molecule has 0 saturated carbocycles. The van der Waals surface area contributed by atoms with Crippen LogP contribution in [0.15, 0.2) is 45.7 Å². The Kier molecular flexibility index (Phi) is 6.92. The summed E-state index contributed by atoms with van der Waals surface area (Å²) in [5, 5.41) is 16.1. The number of carbonyl (C=O) groups is 1. The number of hydrogen-bond acceptors (Lipinski definition) is 5. The number of rotatable bonds is 5. The van der Waals surface area contributed by atoms with Gasteiger partial charge in [0.15, 0.2) is 0 Å². The van der Waals surface area contributed by atoms with Gasteiger partial charge in [0.05, 0.1) is 16.6 Å². The van der Waals surface area contributed by atoms with E-state index >= 15 is 0 Å². The van der Waals surface area contributed by atoms with Gasteiger partial charge in [-0.15, -0.1) is 0 Å². The third kappa shape index (κ3) is 5.19. The van der Waals surface area contributed by atoms with Crippen LogP contribution in [0.1, 0.15) is 37.1 Å². The van der Waals surface area contributed by atoms with Gasteiger partial charge in [0.2, 0.25) is 5.60 Å². The van der Waals surface area contributed by atoms with Crippen LogP contribution in [0, 0.1) is 6.92 Å². The average Bonchev–Trinajstić information content (AvgIpc) is 2.74. The van der Waals surface area contributed by atoms with E-state index in [2.05, 4.69) is 9.68 Å². The Balaban J connectivity index is 2.04. The Morgan fingerprint density at radius 2 is 1.67 bits per heavy atom. The lowest BCUT2D eigenvalue weighted by Gasteiger charge is -2.37. The summed E-state index contributed by atoms with van der Waals surface area (Å²) in [6.45, 7) is 3.51. The molecule has 0 aliphatic carbocycles. The highest BCUT2D eigenvalue weighted by Gasteiger charge is 2.61. The summed E-state index contributed by atoms with van der Waals surface area (Å²) in [7, 11) is 0. The predicted octanol–water partition coefficient (Wildman–Crippen LogP) is 5.77. The number of aromatic nitrogens is 1. The molecule has 0 aliphatic heterocycles. The second-order valence-corrected chi connectivity index (χ2v) is 9.31. The van der Waals surface area contributed by atoms with Crippen molar-refractivity contribution < 1.29 is 40.8 Å². The van der Waals surface area contributed by atoms with Gasteiger partial charge in [0.25, 0.3) is 5.91 Å². The van der Waals surface area contributed by atoms with E-state index in [-0.39, 0.29) is 27.2 Å². The molecule has 13 heteroatoms. The molecule has 6 nitrogen and oxygen atoms in total. The number of hydrogen-bond donors (Lipinski definition) is 2. The molecule has 0 aliphatic rings. The molecule has 3 aromatic rings. The highest BCUT2D eigenvalue weighted by molar-refractivity contribution is 6.30. The van der Waals surface area contributed by atoms with Gasteiger partial charge >= 0.3 is 18.0 Å².